The molecule has 0 aliphatic rings. The Morgan fingerprint density at radius 1 is 1.12 bits per heavy atom. The molecule has 0 aliphatic heterocycles. The van der Waals surface area contributed by atoms with Crippen LogP contribution in [-0.4, -0.2) is 44.7 Å². The van der Waals surface area contributed by atoms with Gasteiger partial charge in [-0.05, 0) is 32.8 Å². The Morgan fingerprint density at radius 2 is 1.77 bits per heavy atom. The van der Waals surface area contributed by atoms with Gasteiger partial charge in [-0.3, -0.25) is 9.79 Å². The molecule has 148 valence electrons. The van der Waals surface area contributed by atoms with E-state index in [0.717, 1.165) is 13.0 Å². The van der Waals surface area contributed by atoms with Gasteiger partial charge < -0.3 is 20.7 Å². The predicted octanol–water partition coefficient (Wildman–Crippen LogP) is 2.85. The summed E-state index contributed by atoms with van der Waals surface area (Å²) in [6.45, 7) is 7.96. The van der Waals surface area contributed by atoms with Crippen molar-refractivity contribution in [2.75, 3.05) is 26.7 Å². The highest BCUT2D eigenvalue weighted by Crippen LogP contribution is 2.15. The molecular formula is C19H33IN4O2. The van der Waals surface area contributed by atoms with Crippen molar-refractivity contribution < 1.29 is 9.53 Å². The van der Waals surface area contributed by atoms with Crippen LogP contribution in [0.1, 0.15) is 45.3 Å². The topological polar surface area (TPSA) is 74.8 Å². The third-order valence-electron chi connectivity index (χ3n) is 3.57. The summed E-state index contributed by atoms with van der Waals surface area (Å²) in [7, 11) is 1.72. The molecule has 1 aromatic rings. The first-order chi connectivity index (χ1) is 12.0. The van der Waals surface area contributed by atoms with Gasteiger partial charge in [-0.2, -0.15) is 0 Å². The maximum atomic E-state index is 11.6. The van der Waals surface area contributed by atoms with Gasteiger partial charge in [0.2, 0.25) is 5.91 Å². The summed E-state index contributed by atoms with van der Waals surface area (Å²) in [4.78, 5) is 15.7. The minimum absolute atomic E-state index is 0. The number of nitrogens with zero attached hydrogens (tertiary/aromatic N) is 1. The largest absolute Gasteiger partial charge is 0.374 e. The number of aliphatic imine (C=N–C) groups is 1. The van der Waals surface area contributed by atoms with Gasteiger partial charge in [0, 0.05) is 39.2 Å². The monoisotopic (exact) mass is 476 g/mol. The van der Waals surface area contributed by atoms with Crippen LogP contribution in [0.15, 0.2) is 35.3 Å². The summed E-state index contributed by atoms with van der Waals surface area (Å²) in [5.41, 5.74) is 1.19. The van der Waals surface area contributed by atoms with Crippen molar-refractivity contribution in [1.29, 1.82) is 0 Å². The number of amides is 1. The summed E-state index contributed by atoms with van der Waals surface area (Å²) >= 11 is 0. The average Bonchev–Trinajstić information content (AvgIpc) is 2.59. The Kier molecular flexibility index (Phi) is 14.0. The SMILES string of the molecule is CN=C(NCCCOC(C)c1ccccc1)NCCC(=O)NC(C)C.I. The molecule has 0 spiro atoms. The molecule has 1 atom stereocenters. The van der Waals surface area contributed by atoms with Gasteiger partial charge in [0.05, 0.1) is 6.10 Å². The highest BCUT2D eigenvalue weighted by molar-refractivity contribution is 14.0. The quantitative estimate of drug-likeness (QED) is 0.210. The van der Waals surface area contributed by atoms with Gasteiger partial charge in [0.15, 0.2) is 5.96 Å². The number of hydrogen-bond acceptors (Lipinski definition) is 3. The molecule has 1 unspecified atom stereocenters. The fourth-order valence-corrected chi connectivity index (χ4v) is 2.27. The molecule has 0 saturated heterocycles. The Bertz CT molecular complexity index is 524. The summed E-state index contributed by atoms with van der Waals surface area (Å²) in [6, 6.07) is 10.4. The summed E-state index contributed by atoms with van der Waals surface area (Å²) < 4.78 is 5.84. The van der Waals surface area contributed by atoms with Crippen LogP contribution < -0.4 is 16.0 Å². The molecule has 0 bridgehead atoms. The van der Waals surface area contributed by atoms with Crippen LogP contribution in [0.25, 0.3) is 0 Å². The number of guanidine groups is 1. The van der Waals surface area contributed by atoms with E-state index in [-0.39, 0.29) is 42.0 Å². The van der Waals surface area contributed by atoms with Crippen LogP contribution in [0.2, 0.25) is 0 Å². The molecule has 1 amide bonds. The maximum absolute atomic E-state index is 11.6. The van der Waals surface area contributed by atoms with E-state index < -0.39 is 0 Å². The molecule has 3 N–H and O–H groups in total. The molecule has 0 aromatic heterocycles. The lowest BCUT2D eigenvalue weighted by Gasteiger charge is -2.15. The number of rotatable bonds is 10. The van der Waals surface area contributed by atoms with E-state index in [1.165, 1.54) is 5.56 Å². The second-order valence-electron chi connectivity index (χ2n) is 6.18. The Hall–Kier alpha value is -1.35. The standard InChI is InChI=1S/C19H32N4O2.HI/c1-15(2)23-18(24)11-13-22-19(20-4)21-12-8-14-25-16(3)17-9-6-5-7-10-17;/h5-7,9-10,15-16H,8,11-14H2,1-4H3,(H,23,24)(H2,20,21,22);1H. The van der Waals surface area contributed by atoms with Gasteiger partial charge >= 0.3 is 0 Å². The lowest BCUT2D eigenvalue weighted by Crippen LogP contribution is -2.40. The molecule has 1 rings (SSSR count). The number of hydrogen-bond donors (Lipinski definition) is 3. The number of benzene rings is 1. The second kappa shape index (κ2) is 14.8. The first-order valence-electron chi connectivity index (χ1n) is 8.93. The molecular weight excluding hydrogens is 443 g/mol. The van der Waals surface area contributed by atoms with Gasteiger partial charge in [-0.15, -0.1) is 24.0 Å². The van der Waals surface area contributed by atoms with Crippen LogP contribution in [0.5, 0.6) is 0 Å². The minimum atomic E-state index is 0. The van der Waals surface area contributed by atoms with E-state index >= 15 is 0 Å². The molecule has 6 nitrogen and oxygen atoms in total. The van der Waals surface area contributed by atoms with Gasteiger partial charge in [-0.1, -0.05) is 30.3 Å². The van der Waals surface area contributed by atoms with E-state index in [4.69, 9.17) is 4.74 Å². The van der Waals surface area contributed by atoms with Crippen molar-refractivity contribution in [3.63, 3.8) is 0 Å². The van der Waals surface area contributed by atoms with Crippen molar-refractivity contribution in [2.45, 2.75) is 45.8 Å². The maximum Gasteiger partial charge on any atom is 0.221 e. The van der Waals surface area contributed by atoms with Crippen LogP contribution >= 0.6 is 24.0 Å². The van der Waals surface area contributed by atoms with Crippen LogP contribution in [0.4, 0.5) is 0 Å². The molecule has 1 aromatic carbocycles. The van der Waals surface area contributed by atoms with E-state index in [1.54, 1.807) is 7.05 Å². The molecule has 0 aliphatic carbocycles. The highest BCUT2D eigenvalue weighted by atomic mass is 127. The Labute approximate surface area is 174 Å². The fourth-order valence-electron chi connectivity index (χ4n) is 2.27. The number of halogens is 1. The first kappa shape index (κ1) is 24.7. The number of carbonyl (C=O) groups is 1. The van der Waals surface area contributed by atoms with E-state index in [0.29, 0.717) is 25.5 Å². The molecule has 26 heavy (non-hydrogen) atoms. The van der Waals surface area contributed by atoms with E-state index in [9.17, 15) is 4.79 Å². The number of nitrogens with one attached hydrogen (secondary N) is 3. The van der Waals surface area contributed by atoms with Gasteiger partial charge in [-0.25, -0.2) is 0 Å². The minimum Gasteiger partial charge on any atom is -0.374 e. The molecule has 0 saturated carbocycles. The molecule has 0 fully saturated rings. The van der Waals surface area contributed by atoms with Crippen molar-refractivity contribution in [3.8, 4) is 0 Å². The zero-order valence-corrected chi connectivity index (χ0v) is 18.6. The number of carbonyl (C=O) groups excluding carboxylic acids is 1. The van der Waals surface area contributed by atoms with Gasteiger partial charge in [0.1, 0.15) is 0 Å². The average molecular weight is 476 g/mol. The van der Waals surface area contributed by atoms with E-state index in [2.05, 4.69) is 40.0 Å². The zero-order chi connectivity index (χ0) is 18.5. The van der Waals surface area contributed by atoms with Crippen molar-refractivity contribution in [3.05, 3.63) is 35.9 Å². The normalized spacial score (nSPS) is 12.3. The highest BCUT2D eigenvalue weighted by Gasteiger charge is 2.05. The lowest BCUT2D eigenvalue weighted by molar-refractivity contribution is -0.121. The van der Waals surface area contributed by atoms with Crippen molar-refractivity contribution in [2.24, 2.45) is 4.99 Å². The van der Waals surface area contributed by atoms with E-state index in [1.807, 2.05) is 32.0 Å². The Balaban J connectivity index is 0.00000625. The summed E-state index contributed by atoms with van der Waals surface area (Å²) in [6.07, 6.45) is 1.40. The van der Waals surface area contributed by atoms with Crippen molar-refractivity contribution >= 4 is 35.8 Å². The summed E-state index contributed by atoms with van der Waals surface area (Å²) in [5.74, 6) is 0.745. The van der Waals surface area contributed by atoms with Crippen molar-refractivity contribution in [1.82, 2.24) is 16.0 Å². The lowest BCUT2D eigenvalue weighted by atomic mass is 10.1. The predicted molar refractivity (Wildman–Crippen MR) is 118 cm³/mol. The molecule has 7 heteroatoms. The molecule has 0 radical (unpaired) electrons. The first-order valence-corrected chi connectivity index (χ1v) is 8.93. The summed E-state index contributed by atoms with van der Waals surface area (Å²) in [5, 5.41) is 9.22. The third-order valence-corrected chi connectivity index (χ3v) is 3.57. The van der Waals surface area contributed by atoms with Gasteiger partial charge in [0.25, 0.3) is 0 Å². The van der Waals surface area contributed by atoms with Crippen LogP contribution in [0.3, 0.4) is 0 Å². The Morgan fingerprint density at radius 3 is 2.38 bits per heavy atom. The van der Waals surface area contributed by atoms with Crippen LogP contribution in [-0.2, 0) is 9.53 Å². The third kappa shape index (κ3) is 11.3. The smallest absolute Gasteiger partial charge is 0.221 e. The fraction of sp³-hybridized carbons (Fsp3) is 0.579. The number of ether oxygens (including phenoxy) is 1. The van der Waals surface area contributed by atoms with Crippen LogP contribution in [0, 0.1) is 0 Å². The second-order valence-corrected chi connectivity index (χ2v) is 6.18. The zero-order valence-electron chi connectivity index (χ0n) is 16.2. The molecule has 0 heterocycles.